The van der Waals surface area contributed by atoms with Crippen molar-refractivity contribution in [2.45, 2.75) is 0 Å². The minimum Gasteiger partial charge on any atom is -0.286 e. The molecule has 0 aromatic heterocycles. The number of nitrogens with one attached hydrogen (secondary N) is 1. The lowest BCUT2D eigenvalue weighted by molar-refractivity contribution is -0.113. The summed E-state index contributed by atoms with van der Waals surface area (Å²) in [5.74, 6) is -1.43. The second kappa shape index (κ2) is 7.52. The Morgan fingerprint density at radius 2 is 1.61 bits per heavy atom. The zero-order valence-corrected chi connectivity index (χ0v) is 12.4. The first-order valence-electron chi connectivity index (χ1n) is 6.80. The van der Waals surface area contributed by atoms with E-state index in [1.165, 1.54) is 5.01 Å². The van der Waals surface area contributed by atoms with Crippen LogP contribution in [-0.4, -0.2) is 24.6 Å². The van der Waals surface area contributed by atoms with Gasteiger partial charge in [0, 0.05) is 12.6 Å². The van der Waals surface area contributed by atoms with Gasteiger partial charge in [0.1, 0.15) is 6.07 Å². The van der Waals surface area contributed by atoms with Crippen molar-refractivity contribution in [3.05, 3.63) is 66.2 Å². The van der Waals surface area contributed by atoms with E-state index in [2.05, 4.69) is 10.4 Å². The molecule has 114 valence electrons. The first kappa shape index (κ1) is 15.9. The number of hydrogen-bond acceptors (Lipinski definition) is 5. The molecule has 2 amide bonds. The number of amides is 2. The van der Waals surface area contributed by atoms with Gasteiger partial charge in [-0.05, 0) is 24.3 Å². The lowest BCUT2D eigenvalue weighted by atomic mass is 10.2. The Kier molecular flexibility index (Phi) is 5.21. The highest BCUT2D eigenvalue weighted by Crippen LogP contribution is 2.11. The van der Waals surface area contributed by atoms with Crippen LogP contribution in [0.1, 0.15) is 10.4 Å². The van der Waals surface area contributed by atoms with Gasteiger partial charge >= 0.3 is 0 Å². The van der Waals surface area contributed by atoms with Gasteiger partial charge in [0.2, 0.25) is 5.71 Å². The number of para-hydroxylation sites is 1. The highest BCUT2D eigenvalue weighted by Gasteiger charge is 2.16. The molecule has 0 saturated heterocycles. The Morgan fingerprint density at radius 3 is 2.17 bits per heavy atom. The smallest absolute Gasteiger partial charge is 0.286 e. The predicted molar refractivity (Wildman–Crippen MR) is 86.8 cm³/mol. The summed E-state index contributed by atoms with van der Waals surface area (Å²) in [6.07, 6.45) is 0. The number of carbonyl (C=O) groups is 2. The first-order chi connectivity index (χ1) is 11.1. The van der Waals surface area contributed by atoms with Crippen LogP contribution in [0.15, 0.2) is 65.8 Å². The molecule has 0 spiro atoms. The van der Waals surface area contributed by atoms with Crippen molar-refractivity contribution in [1.82, 2.24) is 5.32 Å². The Morgan fingerprint density at radius 1 is 1.04 bits per heavy atom. The highest BCUT2D eigenvalue weighted by molar-refractivity contribution is 6.47. The first-order valence-corrected chi connectivity index (χ1v) is 6.80. The number of benzene rings is 2. The Bertz CT molecular complexity index is 764. The molecule has 0 bridgehead atoms. The third-order valence-corrected chi connectivity index (χ3v) is 2.96. The van der Waals surface area contributed by atoms with E-state index in [1.54, 1.807) is 55.6 Å². The van der Waals surface area contributed by atoms with E-state index in [-0.39, 0.29) is 0 Å². The SMILES string of the molecule is CN(N=C(C#N)C(=O)NC(=O)c1ccccc1)c1ccccc1. The standard InChI is InChI=1S/C17H14N4O2/c1-21(14-10-6-3-7-11-14)20-15(12-18)17(23)19-16(22)13-8-4-2-5-9-13/h2-11H,1H3,(H,19,22,23). The summed E-state index contributed by atoms with van der Waals surface area (Å²) >= 11 is 0. The minimum atomic E-state index is -0.843. The van der Waals surface area contributed by atoms with Gasteiger partial charge in [-0.25, -0.2) is 0 Å². The fourth-order valence-corrected chi connectivity index (χ4v) is 1.79. The van der Waals surface area contributed by atoms with Gasteiger partial charge < -0.3 is 0 Å². The molecule has 0 radical (unpaired) electrons. The van der Waals surface area contributed by atoms with Crippen LogP contribution in [0.2, 0.25) is 0 Å². The molecule has 0 fully saturated rings. The zero-order valence-electron chi connectivity index (χ0n) is 12.4. The number of rotatable bonds is 4. The monoisotopic (exact) mass is 306 g/mol. The average Bonchev–Trinajstić information content (AvgIpc) is 2.60. The fraction of sp³-hybridized carbons (Fsp3) is 0.0588. The van der Waals surface area contributed by atoms with Gasteiger partial charge in [-0.15, -0.1) is 0 Å². The molecule has 0 atom stereocenters. The van der Waals surface area contributed by atoms with Crippen LogP contribution < -0.4 is 10.3 Å². The zero-order chi connectivity index (χ0) is 16.7. The molecule has 23 heavy (non-hydrogen) atoms. The van der Waals surface area contributed by atoms with Crippen molar-refractivity contribution in [1.29, 1.82) is 5.26 Å². The molecule has 1 N–H and O–H groups in total. The number of carbonyl (C=O) groups excluding carboxylic acids is 2. The number of nitrogens with zero attached hydrogens (tertiary/aromatic N) is 3. The second-order valence-electron chi connectivity index (χ2n) is 4.57. The summed E-state index contributed by atoms with van der Waals surface area (Å²) < 4.78 is 0. The minimum absolute atomic E-state index is 0.328. The molecule has 2 aromatic carbocycles. The largest absolute Gasteiger partial charge is 0.289 e. The molecule has 0 unspecified atom stereocenters. The quantitative estimate of drug-likeness (QED) is 0.691. The van der Waals surface area contributed by atoms with Crippen LogP contribution in [0.4, 0.5) is 5.69 Å². The fourth-order valence-electron chi connectivity index (χ4n) is 1.79. The van der Waals surface area contributed by atoms with E-state index in [0.29, 0.717) is 11.3 Å². The van der Waals surface area contributed by atoms with Crippen LogP contribution in [-0.2, 0) is 4.79 Å². The highest BCUT2D eigenvalue weighted by atomic mass is 16.2. The summed E-state index contributed by atoms with van der Waals surface area (Å²) in [7, 11) is 1.61. The summed E-state index contributed by atoms with van der Waals surface area (Å²) in [4.78, 5) is 23.9. The maximum atomic E-state index is 12.0. The second-order valence-corrected chi connectivity index (χ2v) is 4.57. The van der Waals surface area contributed by atoms with Crippen LogP contribution in [0.3, 0.4) is 0 Å². The van der Waals surface area contributed by atoms with Crippen LogP contribution >= 0.6 is 0 Å². The third-order valence-electron chi connectivity index (χ3n) is 2.96. The lowest BCUT2D eigenvalue weighted by Crippen LogP contribution is -2.36. The van der Waals surface area contributed by atoms with Crippen molar-refractivity contribution in [2.24, 2.45) is 5.10 Å². The topological polar surface area (TPSA) is 85.6 Å². The van der Waals surface area contributed by atoms with E-state index >= 15 is 0 Å². The van der Waals surface area contributed by atoms with Crippen molar-refractivity contribution >= 4 is 23.2 Å². The van der Waals surface area contributed by atoms with E-state index in [4.69, 9.17) is 5.26 Å². The van der Waals surface area contributed by atoms with Gasteiger partial charge in [0.25, 0.3) is 11.8 Å². The third kappa shape index (κ3) is 4.25. The molecule has 6 heteroatoms. The van der Waals surface area contributed by atoms with E-state index in [1.807, 2.05) is 18.2 Å². The number of nitriles is 1. The van der Waals surface area contributed by atoms with Crippen molar-refractivity contribution < 1.29 is 9.59 Å². The normalized spacial score (nSPS) is 10.5. The molecule has 0 aliphatic carbocycles. The average molecular weight is 306 g/mol. The van der Waals surface area contributed by atoms with Crippen molar-refractivity contribution in [3.63, 3.8) is 0 Å². The Labute approximate surface area is 133 Å². The van der Waals surface area contributed by atoms with E-state index < -0.39 is 17.5 Å². The summed E-state index contributed by atoms with van der Waals surface area (Å²) in [5, 5.41) is 16.6. The molecular formula is C17H14N4O2. The van der Waals surface area contributed by atoms with Gasteiger partial charge in [0.05, 0.1) is 5.69 Å². The van der Waals surface area contributed by atoms with Crippen molar-refractivity contribution in [2.75, 3.05) is 12.1 Å². The van der Waals surface area contributed by atoms with Gasteiger partial charge in [-0.1, -0.05) is 36.4 Å². The number of hydrogen-bond donors (Lipinski definition) is 1. The van der Waals surface area contributed by atoms with Gasteiger partial charge in [0.15, 0.2) is 0 Å². The summed E-state index contributed by atoms with van der Waals surface area (Å²) in [5.41, 5.74) is 0.637. The molecule has 0 aliphatic heterocycles. The number of hydrazone groups is 1. The molecule has 0 heterocycles. The maximum absolute atomic E-state index is 12.0. The summed E-state index contributed by atoms with van der Waals surface area (Å²) in [6.45, 7) is 0. The molecule has 2 aromatic rings. The number of imide groups is 1. The molecule has 6 nitrogen and oxygen atoms in total. The summed E-state index contributed by atoms with van der Waals surface area (Å²) in [6, 6.07) is 19.0. The number of anilines is 1. The van der Waals surface area contributed by atoms with Crippen LogP contribution in [0.5, 0.6) is 0 Å². The van der Waals surface area contributed by atoms with E-state index in [0.717, 1.165) is 0 Å². The van der Waals surface area contributed by atoms with E-state index in [9.17, 15) is 9.59 Å². The molecule has 2 rings (SSSR count). The Hall–Kier alpha value is -3.46. The van der Waals surface area contributed by atoms with Gasteiger partial charge in [-0.3, -0.25) is 19.9 Å². The lowest BCUT2D eigenvalue weighted by Gasteiger charge is -2.13. The molecular weight excluding hydrogens is 292 g/mol. The predicted octanol–water partition coefficient (Wildman–Crippen LogP) is 1.96. The van der Waals surface area contributed by atoms with Crippen LogP contribution in [0.25, 0.3) is 0 Å². The van der Waals surface area contributed by atoms with Crippen molar-refractivity contribution in [3.8, 4) is 6.07 Å². The maximum Gasteiger partial charge on any atom is 0.289 e. The Balaban J connectivity index is 2.11. The molecule has 0 saturated carbocycles. The molecule has 0 aliphatic rings. The van der Waals surface area contributed by atoms with Crippen LogP contribution in [0, 0.1) is 11.3 Å². The van der Waals surface area contributed by atoms with Gasteiger partial charge in [-0.2, -0.15) is 10.4 Å².